The van der Waals surface area contributed by atoms with Gasteiger partial charge in [0.1, 0.15) is 7.11 Å². The van der Waals surface area contributed by atoms with Crippen molar-refractivity contribution in [1.82, 2.24) is 0 Å². The number of allylic oxidation sites excluding steroid dienone is 2. The lowest BCUT2D eigenvalue weighted by Gasteiger charge is -2.32. The lowest BCUT2D eigenvalue weighted by atomic mass is 9.73. The van der Waals surface area contributed by atoms with Crippen LogP contribution >= 0.6 is 0 Å². The van der Waals surface area contributed by atoms with E-state index < -0.39 is 0 Å². The maximum atomic E-state index is 4.72. The Bertz CT molecular complexity index is 238. The minimum absolute atomic E-state index is 0.268. The first-order chi connectivity index (χ1) is 6.08. The molecular formula is C11H19NO. The third-order valence-electron chi connectivity index (χ3n) is 2.83. The van der Waals surface area contributed by atoms with Crippen LogP contribution in [0.4, 0.5) is 0 Å². The molecule has 13 heavy (non-hydrogen) atoms. The monoisotopic (exact) mass is 181 g/mol. The molecule has 0 spiro atoms. The number of hydrogen-bond donors (Lipinski definition) is 0. The highest BCUT2D eigenvalue weighted by atomic mass is 16.6. The highest BCUT2D eigenvalue weighted by Gasteiger charge is 2.27. The Morgan fingerprint density at radius 1 is 1.46 bits per heavy atom. The van der Waals surface area contributed by atoms with Gasteiger partial charge < -0.3 is 4.84 Å². The van der Waals surface area contributed by atoms with E-state index in [-0.39, 0.29) is 5.41 Å². The van der Waals surface area contributed by atoms with Crippen LogP contribution in [0.25, 0.3) is 0 Å². The van der Waals surface area contributed by atoms with Gasteiger partial charge in [0.15, 0.2) is 0 Å². The molecular weight excluding hydrogens is 162 g/mol. The van der Waals surface area contributed by atoms with E-state index in [9.17, 15) is 0 Å². The molecule has 1 rings (SSSR count). The molecule has 0 heterocycles. The summed E-state index contributed by atoms with van der Waals surface area (Å²) in [6.45, 7) is 6.73. The number of oxime groups is 1. The first kappa shape index (κ1) is 10.3. The van der Waals surface area contributed by atoms with Gasteiger partial charge >= 0.3 is 0 Å². The van der Waals surface area contributed by atoms with E-state index in [0.717, 1.165) is 0 Å². The largest absolute Gasteiger partial charge is 0.399 e. The number of nitrogens with zero attached hydrogens (tertiary/aromatic N) is 1. The van der Waals surface area contributed by atoms with Crippen LogP contribution in [0.15, 0.2) is 16.3 Å². The smallest absolute Gasteiger partial charge is 0.106 e. The predicted molar refractivity (Wildman–Crippen MR) is 55.8 cm³/mol. The molecule has 0 amide bonds. The molecule has 2 heteroatoms. The molecule has 0 N–H and O–H groups in total. The fourth-order valence-corrected chi connectivity index (χ4v) is 2.03. The fraction of sp³-hybridized carbons (Fsp3) is 0.727. The van der Waals surface area contributed by atoms with Crippen molar-refractivity contribution < 1.29 is 4.84 Å². The summed E-state index contributed by atoms with van der Waals surface area (Å²) in [6.07, 6.45) is 5.61. The van der Waals surface area contributed by atoms with Gasteiger partial charge in [-0.25, -0.2) is 0 Å². The van der Waals surface area contributed by atoms with Gasteiger partial charge in [-0.2, -0.15) is 0 Å². The van der Waals surface area contributed by atoms with Gasteiger partial charge in [0.25, 0.3) is 0 Å². The predicted octanol–water partition coefficient (Wildman–Crippen LogP) is 3.15. The molecule has 1 aliphatic carbocycles. The van der Waals surface area contributed by atoms with Crippen LogP contribution in [-0.2, 0) is 4.84 Å². The van der Waals surface area contributed by atoms with Gasteiger partial charge in [0.2, 0.25) is 0 Å². The van der Waals surface area contributed by atoms with Crippen LogP contribution in [0, 0.1) is 5.41 Å². The third kappa shape index (κ3) is 2.33. The lowest BCUT2D eigenvalue weighted by molar-refractivity contribution is 0.214. The summed E-state index contributed by atoms with van der Waals surface area (Å²) in [7, 11) is 1.59. The quantitative estimate of drug-likeness (QED) is 0.473. The van der Waals surface area contributed by atoms with Crippen molar-refractivity contribution in [2.45, 2.75) is 40.0 Å². The summed E-state index contributed by atoms with van der Waals surface area (Å²) in [4.78, 5) is 4.72. The summed E-state index contributed by atoms with van der Waals surface area (Å²) in [5.74, 6) is 0. The molecule has 0 fully saturated rings. The highest BCUT2D eigenvalue weighted by Crippen LogP contribution is 2.38. The van der Waals surface area contributed by atoms with Crippen LogP contribution < -0.4 is 0 Å². The van der Waals surface area contributed by atoms with Crippen LogP contribution in [0.5, 0.6) is 0 Å². The van der Waals surface area contributed by atoms with Crippen molar-refractivity contribution in [3.05, 3.63) is 11.1 Å². The van der Waals surface area contributed by atoms with Gasteiger partial charge in [-0.3, -0.25) is 0 Å². The summed E-state index contributed by atoms with van der Waals surface area (Å²) >= 11 is 0. The Hall–Kier alpha value is -0.790. The first-order valence-corrected chi connectivity index (χ1v) is 4.84. The zero-order chi connectivity index (χ0) is 9.90. The Morgan fingerprint density at radius 2 is 2.15 bits per heavy atom. The van der Waals surface area contributed by atoms with Crippen LogP contribution in [-0.4, -0.2) is 13.3 Å². The maximum Gasteiger partial charge on any atom is 0.106 e. The molecule has 0 saturated heterocycles. The van der Waals surface area contributed by atoms with E-state index in [2.05, 4.69) is 25.9 Å². The molecule has 1 aliphatic rings. The molecule has 0 atom stereocenters. The van der Waals surface area contributed by atoms with E-state index >= 15 is 0 Å². The molecule has 74 valence electrons. The zero-order valence-electron chi connectivity index (χ0n) is 9.05. The van der Waals surface area contributed by atoms with Crippen molar-refractivity contribution in [2.75, 3.05) is 7.11 Å². The first-order valence-electron chi connectivity index (χ1n) is 4.84. The van der Waals surface area contributed by atoms with E-state index in [1.807, 2.05) is 6.21 Å². The normalized spacial score (nSPS) is 22.5. The van der Waals surface area contributed by atoms with E-state index in [4.69, 9.17) is 4.84 Å². The summed E-state index contributed by atoms with van der Waals surface area (Å²) in [5, 5.41) is 3.86. The second-order valence-electron chi connectivity index (χ2n) is 4.35. The molecule has 0 aromatic heterocycles. The van der Waals surface area contributed by atoms with Crippen molar-refractivity contribution in [2.24, 2.45) is 10.6 Å². The standard InChI is InChI=1S/C11H19NO/c1-9-6-5-7-11(2,3)10(9)8-12-13-4/h8H,5-7H2,1-4H3/b12-8+. The zero-order valence-corrected chi connectivity index (χ0v) is 9.05. The van der Waals surface area contributed by atoms with Gasteiger partial charge in [0.05, 0.1) is 6.21 Å². The van der Waals surface area contributed by atoms with Crippen LogP contribution in [0.1, 0.15) is 40.0 Å². The molecule has 0 aromatic carbocycles. The summed E-state index contributed by atoms with van der Waals surface area (Å²) in [6, 6.07) is 0. The summed E-state index contributed by atoms with van der Waals surface area (Å²) < 4.78 is 0. The second-order valence-corrected chi connectivity index (χ2v) is 4.35. The minimum Gasteiger partial charge on any atom is -0.399 e. The molecule has 0 unspecified atom stereocenters. The van der Waals surface area contributed by atoms with Gasteiger partial charge in [-0.1, -0.05) is 24.6 Å². The van der Waals surface area contributed by atoms with Crippen molar-refractivity contribution in [3.63, 3.8) is 0 Å². The van der Waals surface area contributed by atoms with Crippen molar-refractivity contribution in [3.8, 4) is 0 Å². The van der Waals surface area contributed by atoms with Crippen LogP contribution in [0.2, 0.25) is 0 Å². The van der Waals surface area contributed by atoms with Gasteiger partial charge in [0, 0.05) is 0 Å². The van der Waals surface area contributed by atoms with E-state index in [0.29, 0.717) is 0 Å². The number of hydrogen-bond acceptors (Lipinski definition) is 2. The van der Waals surface area contributed by atoms with E-state index in [1.54, 1.807) is 7.11 Å². The molecule has 0 radical (unpaired) electrons. The Labute approximate surface area is 80.7 Å². The molecule has 0 aliphatic heterocycles. The average molecular weight is 181 g/mol. The minimum atomic E-state index is 0.268. The fourth-order valence-electron chi connectivity index (χ4n) is 2.03. The second kappa shape index (κ2) is 3.95. The SMILES string of the molecule is CO/N=C/C1=C(C)CCCC1(C)C. The van der Waals surface area contributed by atoms with Crippen molar-refractivity contribution in [1.29, 1.82) is 0 Å². The highest BCUT2D eigenvalue weighted by molar-refractivity contribution is 5.81. The third-order valence-corrected chi connectivity index (χ3v) is 2.83. The van der Waals surface area contributed by atoms with E-state index in [1.165, 1.54) is 30.4 Å². The van der Waals surface area contributed by atoms with Crippen LogP contribution in [0.3, 0.4) is 0 Å². The Kier molecular flexibility index (Phi) is 3.12. The van der Waals surface area contributed by atoms with Gasteiger partial charge in [-0.05, 0) is 37.2 Å². The molecule has 0 saturated carbocycles. The maximum absolute atomic E-state index is 4.72. The average Bonchev–Trinajstić information content (AvgIpc) is 2.02. The Morgan fingerprint density at radius 3 is 2.69 bits per heavy atom. The Balaban J connectivity index is 2.91. The lowest BCUT2D eigenvalue weighted by Crippen LogP contribution is -2.21. The van der Waals surface area contributed by atoms with Gasteiger partial charge in [-0.15, -0.1) is 0 Å². The molecule has 0 aromatic rings. The van der Waals surface area contributed by atoms with Crippen molar-refractivity contribution >= 4 is 6.21 Å². The molecule has 2 nitrogen and oxygen atoms in total. The summed E-state index contributed by atoms with van der Waals surface area (Å²) in [5.41, 5.74) is 3.07. The molecule has 0 bridgehead atoms. The number of rotatable bonds is 2. The topological polar surface area (TPSA) is 21.6 Å².